The Labute approximate surface area is 239 Å². The van der Waals surface area contributed by atoms with Crippen molar-refractivity contribution in [1.29, 1.82) is 0 Å². The summed E-state index contributed by atoms with van der Waals surface area (Å²) in [7, 11) is 1.79. The summed E-state index contributed by atoms with van der Waals surface area (Å²) in [5, 5.41) is 29.8. The molecule has 12 heteroatoms. The Hall–Kier alpha value is -3.22. The smallest absolute Gasteiger partial charge is 0.333 e. The Balaban J connectivity index is 0.00000274. The minimum atomic E-state index is -0.644. The maximum Gasteiger partial charge on any atom is 0.333 e. The van der Waals surface area contributed by atoms with Crippen LogP contribution in [0.5, 0.6) is 0 Å². The molecule has 2 aliphatic rings. The van der Waals surface area contributed by atoms with Crippen LogP contribution in [0.4, 0.5) is 16.2 Å². The van der Waals surface area contributed by atoms with Crippen molar-refractivity contribution in [3.63, 3.8) is 0 Å². The fourth-order valence-electron chi connectivity index (χ4n) is 4.28. The minimum absolute atomic E-state index is 0.0235. The number of rotatable bonds is 14. The number of unbranched alkanes of at least 4 members (excludes halogenated alkanes) is 6. The standard InChI is InChI=1S/C26H34N4O7S.C2H6/c1-27-21-12-10-19(30(36)37)18-22(21)38-23(27)13-11-20-24(33)28(14-6-2-4-8-16-31)26(35)29(25(20)34)15-7-3-5-9-17-32;1-2/h10-13,18,31-32H,2-9,14-17H2,1H3;1-2H3/b23-13-;. The van der Waals surface area contributed by atoms with Crippen molar-refractivity contribution in [3.05, 3.63) is 51.1 Å². The van der Waals surface area contributed by atoms with E-state index < -0.39 is 22.8 Å². The number of thioether (sulfide) groups is 1. The number of nitrogens with zero attached hydrogens (tertiary/aromatic N) is 4. The lowest BCUT2D eigenvalue weighted by Crippen LogP contribution is -2.56. The lowest BCUT2D eigenvalue weighted by atomic mass is 10.1. The lowest BCUT2D eigenvalue weighted by Gasteiger charge is -2.34. The molecule has 1 fully saturated rings. The van der Waals surface area contributed by atoms with Crippen LogP contribution >= 0.6 is 11.8 Å². The van der Waals surface area contributed by atoms with Crippen molar-refractivity contribution in [2.45, 2.75) is 70.1 Å². The minimum Gasteiger partial charge on any atom is -0.396 e. The van der Waals surface area contributed by atoms with Gasteiger partial charge in [-0.1, -0.05) is 51.3 Å². The topological polar surface area (TPSA) is 145 Å². The van der Waals surface area contributed by atoms with Crippen molar-refractivity contribution < 1.29 is 29.5 Å². The van der Waals surface area contributed by atoms with Gasteiger partial charge in [0.15, 0.2) is 0 Å². The van der Waals surface area contributed by atoms with E-state index in [4.69, 9.17) is 10.2 Å². The summed E-state index contributed by atoms with van der Waals surface area (Å²) in [5.41, 5.74) is 0.638. The first-order valence-electron chi connectivity index (χ1n) is 13.8. The average molecular weight is 577 g/mol. The van der Waals surface area contributed by atoms with Gasteiger partial charge in [0.05, 0.1) is 15.6 Å². The van der Waals surface area contributed by atoms with Crippen molar-refractivity contribution in [2.75, 3.05) is 38.3 Å². The van der Waals surface area contributed by atoms with E-state index in [2.05, 4.69) is 0 Å². The molecule has 0 bridgehead atoms. The molecule has 2 aliphatic heterocycles. The molecule has 11 nitrogen and oxygen atoms in total. The molecular formula is C28H40N4O7S. The molecule has 1 saturated heterocycles. The van der Waals surface area contributed by atoms with Crippen LogP contribution in [-0.2, 0) is 9.59 Å². The van der Waals surface area contributed by atoms with E-state index in [1.165, 1.54) is 30.0 Å². The molecule has 1 aromatic carbocycles. The van der Waals surface area contributed by atoms with E-state index in [0.29, 0.717) is 35.6 Å². The number of urea groups is 1. The number of aliphatic hydroxyl groups excluding tert-OH is 2. The Morgan fingerprint density at radius 1 is 0.850 bits per heavy atom. The number of anilines is 1. The summed E-state index contributed by atoms with van der Waals surface area (Å²) in [5.74, 6) is -1.29. The number of non-ortho nitro benzene ring substituents is 1. The molecule has 0 atom stereocenters. The summed E-state index contributed by atoms with van der Waals surface area (Å²) in [6.45, 7) is 4.53. The van der Waals surface area contributed by atoms with Gasteiger partial charge in [-0.05, 0) is 43.9 Å². The lowest BCUT2D eigenvalue weighted by molar-refractivity contribution is -0.385. The quantitative estimate of drug-likeness (QED) is 0.105. The SMILES string of the molecule is CC.CN1/C(=C/C=C2C(=O)N(CCCCCCO)C(=O)N(CCCCCCO)C2=O)Sc2cc([N+](=O)[O-])ccc21. The zero-order valence-corrected chi connectivity index (χ0v) is 24.3. The number of carbonyl (C=O) groups excluding carboxylic acids is 3. The summed E-state index contributed by atoms with van der Waals surface area (Å²) in [6, 6.07) is 3.94. The van der Waals surface area contributed by atoms with Crippen molar-refractivity contribution in [2.24, 2.45) is 0 Å². The Bertz CT molecular complexity index is 1080. The van der Waals surface area contributed by atoms with Gasteiger partial charge in [0, 0.05) is 50.4 Å². The average Bonchev–Trinajstić information content (AvgIpc) is 3.27. The number of hydrogen-bond acceptors (Lipinski definition) is 9. The number of imide groups is 2. The molecule has 0 aromatic heterocycles. The molecule has 3 rings (SSSR count). The highest BCUT2D eigenvalue weighted by Gasteiger charge is 2.41. The number of nitro groups is 1. The molecule has 220 valence electrons. The van der Waals surface area contributed by atoms with Crippen molar-refractivity contribution >= 4 is 41.0 Å². The molecule has 40 heavy (non-hydrogen) atoms. The summed E-state index contributed by atoms with van der Waals surface area (Å²) >= 11 is 1.29. The molecule has 0 radical (unpaired) electrons. The van der Waals surface area contributed by atoms with Crippen LogP contribution in [0, 0.1) is 10.1 Å². The molecule has 0 spiro atoms. The number of allylic oxidation sites excluding steroid dienone is 2. The van der Waals surface area contributed by atoms with E-state index in [9.17, 15) is 24.5 Å². The molecular weight excluding hydrogens is 536 g/mol. The maximum atomic E-state index is 13.2. The Morgan fingerprint density at radius 3 is 1.88 bits per heavy atom. The highest BCUT2D eigenvalue weighted by atomic mass is 32.2. The number of fused-ring (bicyclic) bond motifs is 1. The van der Waals surface area contributed by atoms with Crippen molar-refractivity contribution in [1.82, 2.24) is 9.80 Å². The molecule has 1 aromatic rings. The number of nitro benzene ring substituents is 1. The maximum absolute atomic E-state index is 13.2. The van der Waals surface area contributed by atoms with Crippen LogP contribution in [0.3, 0.4) is 0 Å². The van der Waals surface area contributed by atoms with Crippen molar-refractivity contribution in [3.8, 4) is 0 Å². The predicted molar refractivity (Wildman–Crippen MR) is 155 cm³/mol. The first kappa shape index (κ1) is 33.0. The first-order chi connectivity index (χ1) is 19.3. The number of hydrogen-bond donors (Lipinski definition) is 2. The fraction of sp³-hybridized carbons (Fsp3) is 0.536. The summed E-state index contributed by atoms with van der Waals surface area (Å²) in [6.07, 6.45) is 8.50. The van der Waals surface area contributed by atoms with E-state index in [1.807, 2.05) is 18.7 Å². The molecule has 0 aliphatic carbocycles. The fourth-order valence-corrected chi connectivity index (χ4v) is 5.37. The zero-order chi connectivity index (χ0) is 29.7. The number of barbiturate groups is 1. The number of benzene rings is 1. The first-order valence-corrected chi connectivity index (χ1v) is 14.6. The largest absolute Gasteiger partial charge is 0.396 e. The number of amides is 4. The second-order valence-electron chi connectivity index (χ2n) is 9.13. The van der Waals surface area contributed by atoms with Crippen LogP contribution in [0.15, 0.2) is 45.8 Å². The number of carbonyl (C=O) groups is 3. The zero-order valence-electron chi connectivity index (χ0n) is 23.5. The van der Waals surface area contributed by atoms with E-state index in [-0.39, 0.29) is 37.6 Å². The Morgan fingerprint density at radius 2 is 1.38 bits per heavy atom. The van der Waals surface area contributed by atoms with Crippen LogP contribution in [-0.4, -0.2) is 76.1 Å². The van der Waals surface area contributed by atoms with Gasteiger partial charge in [-0.2, -0.15) is 0 Å². The highest BCUT2D eigenvalue weighted by Crippen LogP contribution is 2.46. The normalized spacial score (nSPS) is 15.9. The molecule has 2 heterocycles. The van der Waals surface area contributed by atoms with E-state index in [1.54, 1.807) is 19.2 Å². The van der Waals surface area contributed by atoms with Gasteiger partial charge >= 0.3 is 6.03 Å². The van der Waals surface area contributed by atoms with Crippen LogP contribution < -0.4 is 4.90 Å². The van der Waals surface area contributed by atoms with E-state index >= 15 is 0 Å². The third-order valence-electron chi connectivity index (χ3n) is 6.45. The second kappa shape index (κ2) is 16.8. The monoisotopic (exact) mass is 576 g/mol. The summed E-state index contributed by atoms with van der Waals surface area (Å²) < 4.78 is 0. The van der Waals surface area contributed by atoms with Gasteiger partial charge < -0.3 is 15.1 Å². The van der Waals surface area contributed by atoms with Gasteiger partial charge in [-0.3, -0.25) is 29.5 Å². The number of aliphatic hydroxyl groups is 2. The molecule has 2 N–H and O–H groups in total. The molecule has 4 amide bonds. The third kappa shape index (κ3) is 8.39. The Kier molecular flexibility index (Phi) is 13.8. The van der Waals surface area contributed by atoms with Crippen LogP contribution in [0.25, 0.3) is 0 Å². The molecule has 0 saturated carbocycles. The van der Waals surface area contributed by atoms with Gasteiger partial charge in [-0.15, -0.1) is 0 Å². The highest BCUT2D eigenvalue weighted by molar-refractivity contribution is 8.03. The predicted octanol–water partition coefficient (Wildman–Crippen LogP) is 4.83. The summed E-state index contributed by atoms with van der Waals surface area (Å²) in [4.78, 5) is 55.0. The van der Waals surface area contributed by atoms with Gasteiger partial charge in [0.1, 0.15) is 5.57 Å². The van der Waals surface area contributed by atoms with E-state index in [0.717, 1.165) is 41.2 Å². The van der Waals surface area contributed by atoms with Gasteiger partial charge in [0.25, 0.3) is 17.5 Å². The van der Waals surface area contributed by atoms with Crippen LogP contribution in [0.2, 0.25) is 0 Å². The van der Waals surface area contributed by atoms with Crippen LogP contribution in [0.1, 0.15) is 65.2 Å². The third-order valence-corrected chi connectivity index (χ3v) is 7.61. The second-order valence-corrected chi connectivity index (χ2v) is 10.2. The van der Waals surface area contributed by atoms with Gasteiger partial charge in [-0.25, -0.2) is 4.79 Å². The van der Waals surface area contributed by atoms with Gasteiger partial charge in [0.2, 0.25) is 0 Å². The molecule has 0 unspecified atom stereocenters.